The van der Waals surface area contributed by atoms with Crippen molar-refractivity contribution in [3.63, 3.8) is 0 Å². The molecule has 0 aliphatic heterocycles. The minimum absolute atomic E-state index is 0.000103. The minimum Gasteiger partial charge on any atom is -0.354 e. The summed E-state index contributed by atoms with van der Waals surface area (Å²) in [6, 6.07) is 7.16. The molecule has 2 aromatic carbocycles. The normalized spacial score (nSPS) is 12.4. The molecule has 0 aliphatic rings. The van der Waals surface area contributed by atoms with Crippen LogP contribution in [0.2, 0.25) is 15.1 Å². The topological polar surface area (TPSA) is 86.8 Å². The summed E-state index contributed by atoms with van der Waals surface area (Å²) in [7, 11) is -3.98. The molecule has 2 aromatic rings. The van der Waals surface area contributed by atoms with Crippen molar-refractivity contribution in [3.8, 4) is 0 Å². The van der Waals surface area contributed by atoms with Crippen LogP contribution in [0, 0.1) is 11.7 Å². The second kappa shape index (κ2) is 12.3. The fourth-order valence-electron chi connectivity index (χ4n) is 3.14. The Bertz CT molecular complexity index is 1170. The van der Waals surface area contributed by atoms with E-state index in [1.165, 1.54) is 17.9 Å². The van der Waals surface area contributed by atoms with E-state index in [9.17, 15) is 22.4 Å². The number of hydrogen-bond donors (Lipinski definition) is 1. The van der Waals surface area contributed by atoms with Crippen LogP contribution in [-0.2, 0) is 26.2 Å². The molecule has 0 spiro atoms. The molecule has 0 radical (unpaired) electrons. The van der Waals surface area contributed by atoms with E-state index in [4.69, 9.17) is 34.8 Å². The van der Waals surface area contributed by atoms with Crippen LogP contribution >= 0.6 is 34.8 Å². The first-order chi connectivity index (χ1) is 16.2. The van der Waals surface area contributed by atoms with E-state index < -0.39 is 40.2 Å². The van der Waals surface area contributed by atoms with Gasteiger partial charge in [-0.25, -0.2) is 12.8 Å². The molecule has 35 heavy (non-hydrogen) atoms. The third kappa shape index (κ3) is 7.96. The lowest BCUT2D eigenvalue weighted by Gasteiger charge is -2.32. The van der Waals surface area contributed by atoms with Crippen molar-refractivity contribution in [2.24, 2.45) is 5.92 Å². The van der Waals surface area contributed by atoms with Gasteiger partial charge in [0.2, 0.25) is 21.8 Å². The largest absolute Gasteiger partial charge is 0.354 e. The fourth-order valence-corrected chi connectivity index (χ4v) is 4.68. The molecule has 2 rings (SSSR count). The van der Waals surface area contributed by atoms with Gasteiger partial charge in [0.1, 0.15) is 18.4 Å². The van der Waals surface area contributed by atoms with Crippen molar-refractivity contribution in [2.75, 3.05) is 23.7 Å². The number of anilines is 1. The molecule has 0 bridgehead atoms. The molecular weight excluding hydrogens is 540 g/mol. The molecule has 7 nitrogen and oxygen atoms in total. The maximum Gasteiger partial charge on any atom is 0.244 e. The van der Waals surface area contributed by atoms with Gasteiger partial charge in [0, 0.05) is 28.7 Å². The van der Waals surface area contributed by atoms with Gasteiger partial charge in [-0.3, -0.25) is 13.9 Å². The van der Waals surface area contributed by atoms with Gasteiger partial charge >= 0.3 is 0 Å². The lowest BCUT2D eigenvalue weighted by molar-refractivity contribution is -0.139. The van der Waals surface area contributed by atoms with Crippen molar-refractivity contribution < 1.29 is 22.4 Å². The maximum absolute atomic E-state index is 13.6. The van der Waals surface area contributed by atoms with Gasteiger partial charge in [-0.05, 0) is 43.2 Å². The van der Waals surface area contributed by atoms with E-state index in [0.717, 1.165) is 22.7 Å². The average Bonchev–Trinajstić information content (AvgIpc) is 2.76. The molecule has 0 saturated carbocycles. The Labute approximate surface area is 220 Å². The second-order valence-corrected chi connectivity index (χ2v) is 11.5. The Morgan fingerprint density at radius 1 is 1.03 bits per heavy atom. The highest BCUT2D eigenvalue weighted by molar-refractivity contribution is 7.92. The predicted molar refractivity (Wildman–Crippen MR) is 138 cm³/mol. The molecule has 2 amide bonds. The SMILES string of the molecule is CC(C)CNC(=O)[C@H](C)N(Cc1c(Cl)cccc1Cl)C(=O)CN(c1ccc(F)c(Cl)c1)S(C)(=O)=O. The molecule has 0 aromatic heterocycles. The van der Waals surface area contributed by atoms with Crippen LogP contribution < -0.4 is 9.62 Å². The third-order valence-electron chi connectivity index (χ3n) is 5.11. The fraction of sp³-hybridized carbons (Fsp3) is 0.391. The summed E-state index contributed by atoms with van der Waals surface area (Å²) in [6.45, 7) is 4.96. The van der Waals surface area contributed by atoms with E-state index in [1.54, 1.807) is 18.2 Å². The highest BCUT2D eigenvalue weighted by Gasteiger charge is 2.31. The number of hydrogen-bond acceptors (Lipinski definition) is 4. The average molecular weight is 567 g/mol. The number of sulfonamides is 1. The number of carbonyl (C=O) groups excluding carboxylic acids is 2. The lowest BCUT2D eigenvalue weighted by atomic mass is 10.1. The van der Waals surface area contributed by atoms with Gasteiger partial charge in [0.15, 0.2) is 0 Å². The maximum atomic E-state index is 13.6. The number of halogens is 4. The zero-order valence-corrected chi connectivity index (χ0v) is 22.8. The van der Waals surface area contributed by atoms with Crippen molar-refractivity contribution in [3.05, 3.63) is 62.8 Å². The van der Waals surface area contributed by atoms with E-state index in [1.807, 2.05) is 13.8 Å². The van der Waals surface area contributed by atoms with E-state index in [2.05, 4.69) is 5.32 Å². The monoisotopic (exact) mass is 565 g/mol. The van der Waals surface area contributed by atoms with Gasteiger partial charge in [0.25, 0.3) is 0 Å². The zero-order valence-electron chi connectivity index (χ0n) is 19.7. The van der Waals surface area contributed by atoms with Crippen molar-refractivity contribution in [2.45, 2.75) is 33.4 Å². The smallest absolute Gasteiger partial charge is 0.244 e. The second-order valence-electron chi connectivity index (χ2n) is 8.40. The summed E-state index contributed by atoms with van der Waals surface area (Å²) in [5.74, 6) is -1.68. The van der Waals surface area contributed by atoms with E-state index >= 15 is 0 Å². The summed E-state index contributed by atoms with van der Waals surface area (Å²) >= 11 is 18.4. The van der Waals surface area contributed by atoms with Gasteiger partial charge in [-0.1, -0.05) is 54.7 Å². The van der Waals surface area contributed by atoms with Crippen LogP contribution in [-0.4, -0.2) is 50.5 Å². The van der Waals surface area contributed by atoms with Crippen LogP contribution in [0.25, 0.3) is 0 Å². The highest BCUT2D eigenvalue weighted by Crippen LogP contribution is 2.28. The van der Waals surface area contributed by atoms with Gasteiger partial charge in [-0.2, -0.15) is 0 Å². The standard InChI is InChI=1S/C23H27Cl3FN3O4S/c1-14(2)11-28-23(32)15(3)29(12-17-18(24)6-5-7-19(17)25)22(31)13-30(35(4,33)34)16-8-9-21(27)20(26)10-16/h5-10,14-15H,11-13H2,1-4H3,(H,28,32)/t15-/m0/s1. The summed E-state index contributed by atoms with van der Waals surface area (Å²) in [4.78, 5) is 27.5. The zero-order chi connectivity index (χ0) is 26.5. The van der Waals surface area contributed by atoms with Crippen LogP contribution in [0.1, 0.15) is 26.3 Å². The van der Waals surface area contributed by atoms with E-state index in [-0.39, 0.29) is 33.2 Å². The van der Waals surface area contributed by atoms with Gasteiger partial charge < -0.3 is 10.2 Å². The number of nitrogens with zero attached hydrogens (tertiary/aromatic N) is 2. The summed E-state index contributed by atoms with van der Waals surface area (Å²) in [5, 5.41) is 3.04. The molecule has 192 valence electrons. The highest BCUT2D eigenvalue weighted by atomic mass is 35.5. The lowest BCUT2D eigenvalue weighted by Crippen LogP contribution is -2.51. The Morgan fingerprint density at radius 3 is 2.14 bits per heavy atom. The Hall–Kier alpha value is -2.07. The van der Waals surface area contributed by atoms with Gasteiger partial charge in [0.05, 0.1) is 17.0 Å². The molecule has 0 aliphatic carbocycles. The number of rotatable bonds is 10. The number of nitrogens with one attached hydrogen (secondary N) is 1. The first-order valence-electron chi connectivity index (χ1n) is 10.6. The van der Waals surface area contributed by atoms with Gasteiger partial charge in [-0.15, -0.1) is 0 Å². The van der Waals surface area contributed by atoms with E-state index in [0.29, 0.717) is 12.1 Å². The Kier molecular flexibility index (Phi) is 10.2. The van der Waals surface area contributed by atoms with Crippen LogP contribution in [0.5, 0.6) is 0 Å². The molecule has 0 heterocycles. The van der Waals surface area contributed by atoms with Crippen LogP contribution in [0.3, 0.4) is 0 Å². The first kappa shape index (κ1) is 29.2. The molecule has 1 N–H and O–H groups in total. The molecule has 0 fully saturated rings. The Balaban J connectivity index is 2.45. The molecule has 1 atom stereocenters. The molecule has 12 heteroatoms. The summed E-state index contributed by atoms with van der Waals surface area (Å²) in [6.07, 6.45) is 0.908. The van der Waals surface area contributed by atoms with Crippen LogP contribution in [0.15, 0.2) is 36.4 Å². The van der Waals surface area contributed by atoms with Crippen molar-refractivity contribution in [1.29, 1.82) is 0 Å². The first-order valence-corrected chi connectivity index (χ1v) is 13.6. The summed E-state index contributed by atoms with van der Waals surface area (Å²) < 4.78 is 39.5. The molecule has 0 saturated heterocycles. The Morgan fingerprint density at radius 2 is 1.63 bits per heavy atom. The minimum atomic E-state index is -3.98. The molecule has 0 unspecified atom stereocenters. The van der Waals surface area contributed by atoms with Crippen LogP contribution in [0.4, 0.5) is 10.1 Å². The quantitative estimate of drug-likeness (QED) is 0.450. The molecular formula is C23H27Cl3FN3O4S. The third-order valence-corrected chi connectivity index (χ3v) is 7.25. The van der Waals surface area contributed by atoms with Crippen molar-refractivity contribution >= 4 is 62.3 Å². The van der Waals surface area contributed by atoms with Crippen molar-refractivity contribution in [1.82, 2.24) is 10.2 Å². The number of carbonyl (C=O) groups is 2. The number of benzene rings is 2. The number of amides is 2. The predicted octanol–water partition coefficient (Wildman–Crippen LogP) is 4.74. The summed E-state index contributed by atoms with van der Waals surface area (Å²) in [5.41, 5.74) is 0.406.